The van der Waals surface area contributed by atoms with E-state index in [1.807, 2.05) is 0 Å². The largest absolute Gasteiger partial charge is 0.207 e. The molecule has 0 heterocycles. The Bertz CT molecular complexity index is 438. The highest BCUT2D eigenvalue weighted by Gasteiger charge is 2.48. The van der Waals surface area contributed by atoms with E-state index in [0.717, 1.165) is 25.7 Å². The van der Waals surface area contributed by atoms with Crippen molar-refractivity contribution in [2.45, 2.75) is 38.0 Å². The molecule has 1 aromatic rings. The minimum Gasteiger partial charge on any atom is -0.207 e. The van der Waals surface area contributed by atoms with Crippen LogP contribution in [0.4, 0.5) is 4.39 Å². The van der Waals surface area contributed by atoms with E-state index in [-0.39, 0.29) is 5.82 Å². The molecule has 17 heavy (non-hydrogen) atoms. The van der Waals surface area contributed by atoms with E-state index in [9.17, 15) is 9.65 Å². The van der Waals surface area contributed by atoms with E-state index in [1.54, 1.807) is 12.1 Å². The molecule has 0 unspecified atom stereocenters. The van der Waals surface area contributed by atoms with Gasteiger partial charge >= 0.3 is 0 Å². The Kier molecular flexibility index (Phi) is 3.40. The van der Waals surface area contributed by atoms with E-state index in [1.165, 1.54) is 6.07 Å². The predicted molar refractivity (Wildman–Crippen MR) is 66.3 cm³/mol. The molecule has 1 aliphatic rings. The van der Waals surface area contributed by atoms with Gasteiger partial charge in [-0.15, -0.1) is 0 Å². The van der Waals surface area contributed by atoms with Crippen molar-refractivity contribution in [2.75, 3.05) is 0 Å². The Morgan fingerprint density at radius 2 is 2.24 bits per heavy atom. The molecule has 0 spiro atoms. The van der Waals surface area contributed by atoms with Gasteiger partial charge < -0.3 is 0 Å². The van der Waals surface area contributed by atoms with Crippen LogP contribution in [-0.4, -0.2) is 0 Å². The normalized spacial score (nSPS) is 27.3. The first kappa shape index (κ1) is 12.4. The van der Waals surface area contributed by atoms with Gasteiger partial charge in [-0.05, 0) is 30.9 Å². The van der Waals surface area contributed by atoms with E-state index < -0.39 is 5.41 Å². The third-order valence-corrected chi connectivity index (χ3v) is 3.94. The van der Waals surface area contributed by atoms with Crippen LogP contribution in [-0.2, 0) is 5.41 Å². The fourth-order valence-electron chi connectivity index (χ4n) is 2.84. The highest BCUT2D eigenvalue weighted by Crippen LogP contribution is 2.51. The molecule has 1 aromatic carbocycles. The first-order chi connectivity index (χ1) is 8.13. The van der Waals surface area contributed by atoms with Crippen LogP contribution in [0.2, 0.25) is 5.02 Å². The zero-order valence-corrected chi connectivity index (χ0v) is 10.6. The number of hydrogen-bond donors (Lipinski definition) is 0. The van der Waals surface area contributed by atoms with Crippen molar-refractivity contribution in [1.82, 2.24) is 0 Å². The zero-order valence-electron chi connectivity index (χ0n) is 9.84. The lowest BCUT2D eigenvalue weighted by Gasteiger charge is -2.43. The Balaban J connectivity index is 2.30. The highest BCUT2D eigenvalue weighted by atomic mass is 35.5. The number of nitriles is 1. The molecular formula is C14H15ClFN. The van der Waals surface area contributed by atoms with Crippen LogP contribution >= 0.6 is 11.6 Å². The monoisotopic (exact) mass is 251 g/mol. The van der Waals surface area contributed by atoms with E-state index in [2.05, 4.69) is 13.0 Å². The summed E-state index contributed by atoms with van der Waals surface area (Å²) in [5.41, 5.74) is -0.293. The third kappa shape index (κ3) is 2.05. The molecule has 3 heteroatoms. The molecule has 0 aliphatic heterocycles. The summed E-state index contributed by atoms with van der Waals surface area (Å²) in [7, 11) is 0. The van der Waals surface area contributed by atoms with Crippen LogP contribution in [0, 0.1) is 23.1 Å². The van der Waals surface area contributed by atoms with Gasteiger partial charge in [0.1, 0.15) is 5.82 Å². The maximum Gasteiger partial charge on any atom is 0.129 e. The second-order valence-corrected chi connectivity index (χ2v) is 5.26. The van der Waals surface area contributed by atoms with Crippen LogP contribution in [0.3, 0.4) is 0 Å². The van der Waals surface area contributed by atoms with Crippen LogP contribution in [0.1, 0.15) is 38.2 Å². The molecule has 0 aromatic heterocycles. The summed E-state index contributed by atoms with van der Waals surface area (Å²) >= 11 is 6.04. The molecular weight excluding hydrogens is 237 g/mol. The summed E-state index contributed by atoms with van der Waals surface area (Å²) in [6.45, 7) is 2.13. The molecule has 0 amide bonds. The van der Waals surface area contributed by atoms with Crippen LogP contribution in [0.5, 0.6) is 0 Å². The molecule has 0 saturated heterocycles. The topological polar surface area (TPSA) is 23.8 Å². The maximum absolute atomic E-state index is 13.8. The van der Waals surface area contributed by atoms with Gasteiger partial charge in [-0.25, -0.2) is 4.39 Å². The van der Waals surface area contributed by atoms with Crippen molar-refractivity contribution in [1.29, 1.82) is 5.26 Å². The van der Waals surface area contributed by atoms with Gasteiger partial charge in [-0.1, -0.05) is 37.4 Å². The second-order valence-electron chi connectivity index (χ2n) is 4.85. The number of rotatable bonds is 3. The van der Waals surface area contributed by atoms with Gasteiger partial charge in [0.05, 0.1) is 11.5 Å². The number of hydrogen-bond acceptors (Lipinski definition) is 1. The van der Waals surface area contributed by atoms with Crippen molar-refractivity contribution < 1.29 is 4.39 Å². The average molecular weight is 252 g/mol. The van der Waals surface area contributed by atoms with E-state index in [0.29, 0.717) is 16.5 Å². The van der Waals surface area contributed by atoms with Gasteiger partial charge in [0.2, 0.25) is 0 Å². The minimum atomic E-state index is -0.692. The molecule has 0 atom stereocenters. The first-order valence-electron chi connectivity index (χ1n) is 5.98. The zero-order chi connectivity index (χ0) is 12.5. The van der Waals surface area contributed by atoms with Crippen molar-refractivity contribution in [3.8, 4) is 6.07 Å². The lowest BCUT2D eigenvalue weighted by Crippen LogP contribution is -2.41. The molecule has 1 saturated carbocycles. The first-order valence-corrected chi connectivity index (χ1v) is 6.36. The Labute approximate surface area is 106 Å². The summed E-state index contributed by atoms with van der Waals surface area (Å²) < 4.78 is 13.8. The SMILES string of the molecule is CCCC1CC(C#N)(c2c(F)cccc2Cl)C1. The Hall–Kier alpha value is -1.07. The Morgan fingerprint density at radius 3 is 2.76 bits per heavy atom. The molecule has 90 valence electrons. The fraction of sp³-hybridized carbons (Fsp3) is 0.500. The van der Waals surface area contributed by atoms with Gasteiger partial charge in [-0.2, -0.15) is 5.26 Å². The highest BCUT2D eigenvalue weighted by molar-refractivity contribution is 6.31. The number of halogens is 2. The molecule has 0 bridgehead atoms. The predicted octanol–water partition coefficient (Wildman–Crippen LogP) is 4.45. The average Bonchev–Trinajstić information content (AvgIpc) is 2.24. The molecule has 1 nitrogen and oxygen atoms in total. The van der Waals surface area contributed by atoms with Gasteiger partial charge in [-0.3, -0.25) is 0 Å². The quantitative estimate of drug-likeness (QED) is 0.779. The van der Waals surface area contributed by atoms with Crippen LogP contribution in [0.15, 0.2) is 18.2 Å². The van der Waals surface area contributed by atoms with Crippen molar-refractivity contribution >= 4 is 11.6 Å². The van der Waals surface area contributed by atoms with E-state index in [4.69, 9.17) is 11.6 Å². The van der Waals surface area contributed by atoms with Crippen molar-refractivity contribution in [3.05, 3.63) is 34.6 Å². The molecule has 1 fully saturated rings. The second kappa shape index (κ2) is 4.66. The molecule has 1 aliphatic carbocycles. The summed E-state index contributed by atoms with van der Waals surface area (Å²) in [4.78, 5) is 0. The third-order valence-electron chi connectivity index (χ3n) is 3.63. The number of benzene rings is 1. The van der Waals surface area contributed by atoms with Gasteiger partial charge in [0.25, 0.3) is 0 Å². The number of nitrogens with zero attached hydrogens (tertiary/aromatic N) is 1. The summed E-state index contributed by atoms with van der Waals surface area (Å²) in [6, 6.07) is 6.90. The summed E-state index contributed by atoms with van der Waals surface area (Å²) in [5, 5.41) is 9.73. The lowest BCUT2D eigenvalue weighted by atomic mass is 9.58. The van der Waals surface area contributed by atoms with E-state index >= 15 is 0 Å². The van der Waals surface area contributed by atoms with Crippen LogP contribution < -0.4 is 0 Å². The van der Waals surface area contributed by atoms with Crippen molar-refractivity contribution in [2.24, 2.45) is 5.92 Å². The Morgan fingerprint density at radius 1 is 1.53 bits per heavy atom. The minimum absolute atomic E-state index is 0.353. The van der Waals surface area contributed by atoms with Gasteiger partial charge in [0, 0.05) is 10.6 Å². The summed E-state index contributed by atoms with van der Waals surface area (Å²) in [5.74, 6) is 0.185. The molecule has 0 radical (unpaired) electrons. The summed E-state index contributed by atoms with van der Waals surface area (Å²) in [6.07, 6.45) is 3.68. The van der Waals surface area contributed by atoms with Crippen LogP contribution in [0.25, 0.3) is 0 Å². The molecule has 0 N–H and O–H groups in total. The maximum atomic E-state index is 13.8. The van der Waals surface area contributed by atoms with Crippen molar-refractivity contribution in [3.63, 3.8) is 0 Å². The smallest absolute Gasteiger partial charge is 0.129 e. The molecule has 2 rings (SSSR count). The lowest BCUT2D eigenvalue weighted by molar-refractivity contribution is 0.180. The fourth-order valence-corrected chi connectivity index (χ4v) is 3.19. The van der Waals surface area contributed by atoms with Gasteiger partial charge in [0.15, 0.2) is 0 Å². The standard InChI is InChI=1S/C14H15ClFN/c1-2-4-10-7-14(8-10,9-17)13-11(15)5-3-6-12(13)16/h3,5-6,10H,2,4,7-8H2,1H3.